The minimum atomic E-state index is -0.577. The number of carbonyl (C=O) groups is 1. The number of aromatic nitrogens is 1. The van der Waals surface area contributed by atoms with Crippen LogP contribution < -0.4 is 22.1 Å². The average molecular weight is 373 g/mol. The Morgan fingerprint density at radius 2 is 1.75 bits per heavy atom. The molecule has 0 aliphatic carbocycles. The van der Waals surface area contributed by atoms with Gasteiger partial charge in [0.15, 0.2) is 11.4 Å². The second-order valence-corrected chi connectivity index (χ2v) is 6.34. The van der Waals surface area contributed by atoms with Gasteiger partial charge in [-0.1, -0.05) is 41.6 Å². The van der Waals surface area contributed by atoms with Crippen LogP contribution in [0.1, 0.15) is 5.56 Å². The van der Waals surface area contributed by atoms with E-state index in [2.05, 4.69) is 5.16 Å². The molecule has 1 aromatic heterocycles. The maximum Gasteiger partial charge on any atom is 0.323 e. The Morgan fingerprint density at radius 3 is 2.46 bits per heavy atom. The highest BCUT2D eigenvalue weighted by molar-refractivity contribution is 6.01. The van der Waals surface area contributed by atoms with E-state index in [1.807, 2.05) is 66.7 Å². The molecule has 0 atom stereocenters. The van der Waals surface area contributed by atoms with E-state index in [0.29, 0.717) is 29.3 Å². The molecule has 4 aromatic rings. The molecule has 0 bridgehead atoms. The summed E-state index contributed by atoms with van der Waals surface area (Å²) in [6.45, 7) is 0.379. The van der Waals surface area contributed by atoms with Gasteiger partial charge in [0, 0.05) is 6.54 Å². The Labute approximate surface area is 161 Å². The third-order valence-corrected chi connectivity index (χ3v) is 4.59. The van der Waals surface area contributed by atoms with Crippen LogP contribution in [0.4, 0.5) is 22.0 Å². The SMILES string of the molecule is NCc1cccc(N(C(N)=O)c2ccc(-c3cccc4onc(N)c34)cc2)c1. The first-order chi connectivity index (χ1) is 13.6. The highest BCUT2D eigenvalue weighted by atomic mass is 16.5. The van der Waals surface area contributed by atoms with Gasteiger partial charge in [-0.3, -0.25) is 4.90 Å². The van der Waals surface area contributed by atoms with E-state index in [1.165, 1.54) is 4.90 Å². The summed E-state index contributed by atoms with van der Waals surface area (Å²) >= 11 is 0. The minimum Gasteiger partial charge on any atom is -0.380 e. The molecule has 3 aromatic carbocycles. The van der Waals surface area contributed by atoms with E-state index in [9.17, 15) is 4.79 Å². The normalized spacial score (nSPS) is 10.9. The molecule has 0 fully saturated rings. The Balaban J connectivity index is 1.75. The van der Waals surface area contributed by atoms with E-state index < -0.39 is 6.03 Å². The van der Waals surface area contributed by atoms with Crippen LogP contribution in [-0.4, -0.2) is 11.2 Å². The lowest BCUT2D eigenvalue weighted by Crippen LogP contribution is -2.31. The number of hydrogen-bond donors (Lipinski definition) is 3. The average Bonchev–Trinajstić information content (AvgIpc) is 3.10. The molecule has 4 rings (SSSR count). The largest absolute Gasteiger partial charge is 0.380 e. The second-order valence-electron chi connectivity index (χ2n) is 6.34. The molecule has 28 heavy (non-hydrogen) atoms. The van der Waals surface area contributed by atoms with Crippen molar-refractivity contribution in [3.63, 3.8) is 0 Å². The van der Waals surface area contributed by atoms with Crippen LogP contribution >= 0.6 is 0 Å². The van der Waals surface area contributed by atoms with Crippen molar-refractivity contribution in [1.82, 2.24) is 5.16 Å². The fourth-order valence-corrected chi connectivity index (χ4v) is 3.27. The maximum atomic E-state index is 12.1. The summed E-state index contributed by atoms with van der Waals surface area (Å²) in [5.41, 5.74) is 22.0. The van der Waals surface area contributed by atoms with Crippen molar-refractivity contribution in [3.8, 4) is 11.1 Å². The predicted molar refractivity (Wildman–Crippen MR) is 110 cm³/mol. The molecule has 7 nitrogen and oxygen atoms in total. The Bertz CT molecular complexity index is 1150. The first-order valence-corrected chi connectivity index (χ1v) is 8.71. The molecule has 0 aliphatic rings. The number of nitrogen functional groups attached to an aromatic ring is 1. The summed E-state index contributed by atoms with van der Waals surface area (Å²) in [5, 5.41) is 4.59. The smallest absolute Gasteiger partial charge is 0.323 e. The van der Waals surface area contributed by atoms with Gasteiger partial charge < -0.3 is 21.7 Å². The minimum absolute atomic E-state index is 0.340. The summed E-state index contributed by atoms with van der Waals surface area (Å²) in [6, 6.07) is 19.9. The molecule has 140 valence electrons. The van der Waals surface area contributed by atoms with Crippen LogP contribution in [0.5, 0.6) is 0 Å². The van der Waals surface area contributed by atoms with Gasteiger partial charge in [0.05, 0.1) is 16.8 Å². The third-order valence-electron chi connectivity index (χ3n) is 4.59. The van der Waals surface area contributed by atoms with Gasteiger partial charge in [0.2, 0.25) is 0 Å². The molecular weight excluding hydrogens is 354 g/mol. The number of carbonyl (C=O) groups excluding carboxylic acids is 1. The summed E-state index contributed by atoms with van der Waals surface area (Å²) < 4.78 is 5.23. The molecule has 0 spiro atoms. The van der Waals surface area contributed by atoms with Crippen LogP contribution in [-0.2, 0) is 6.54 Å². The molecule has 0 aliphatic heterocycles. The zero-order chi connectivity index (χ0) is 19.7. The molecule has 2 amide bonds. The first kappa shape index (κ1) is 17.6. The third kappa shape index (κ3) is 3.04. The zero-order valence-corrected chi connectivity index (χ0v) is 15.0. The highest BCUT2D eigenvalue weighted by Crippen LogP contribution is 2.34. The van der Waals surface area contributed by atoms with Crippen molar-refractivity contribution in [3.05, 3.63) is 72.3 Å². The number of urea groups is 1. The van der Waals surface area contributed by atoms with Crippen LogP contribution in [0, 0.1) is 0 Å². The van der Waals surface area contributed by atoms with Crippen molar-refractivity contribution in [2.24, 2.45) is 11.5 Å². The lowest BCUT2D eigenvalue weighted by atomic mass is 10.0. The standard InChI is InChI=1S/C21H19N5O2/c22-12-13-3-1-4-16(11-13)26(21(24)27)15-9-7-14(8-10-15)17-5-2-6-18-19(17)20(23)25-28-18/h1-11H,12,22H2,(H2,23,25)(H2,24,27). The quantitative estimate of drug-likeness (QED) is 0.502. The first-order valence-electron chi connectivity index (χ1n) is 8.71. The number of benzene rings is 3. The molecule has 6 N–H and O–H groups in total. The molecule has 0 unspecified atom stereocenters. The second kappa shape index (κ2) is 7.05. The number of nitrogens with zero attached hydrogens (tertiary/aromatic N) is 2. The summed E-state index contributed by atoms with van der Waals surface area (Å²) in [6.07, 6.45) is 0. The molecule has 7 heteroatoms. The van der Waals surface area contributed by atoms with Gasteiger partial charge in [-0.25, -0.2) is 4.79 Å². The van der Waals surface area contributed by atoms with Crippen LogP contribution in [0.2, 0.25) is 0 Å². The number of fused-ring (bicyclic) bond motifs is 1. The van der Waals surface area contributed by atoms with Crippen molar-refractivity contribution in [1.29, 1.82) is 0 Å². The number of hydrogen-bond acceptors (Lipinski definition) is 5. The van der Waals surface area contributed by atoms with Gasteiger partial charge in [0.25, 0.3) is 0 Å². The van der Waals surface area contributed by atoms with Gasteiger partial charge in [0.1, 0.15) is 0 Å². The Kier molecular flexibility index (Phi) is 4.42. The van der Waals surface area contributed by atoms with Gasteiger partial charge in [-0.2, -0.15) is 0 Å². The topological polar surface area (TPSA) is 124 Å². The molecular formula is C21H19N5O2. The van der Waals surface area contributed by atoms with Crippen LogP contribution in [0.15, 0.2) is 71.3 Å². The fourth-order valence-electron chi connectivity index (χ4n) is 3.27. The predicted octanol–water partition coefficient (Wildman–Crippen LogP) is 3.75. The van der Waals surface area contributed by atoms with Crippen molar-refractivity contribution >= 4 is 34.2 Å². The van der Waals surface area contributed by atoms with Gasteiger partial charge in [-0.05, 0) is 47.0 Å². The van der Waals surface area contributed by atoms with Crippen molar-refractivity contribution in [2.75, 3.05) is 10.6 Å². The Morgan fingerprint density at radius 1 is 1.00 bits per heavy atom. The van der Waals surface area contributed by atoms with E-state index >= 15 is 0 Å². The summed E-state index contributed by atoms with van der Waals surface area (Å²) in [7, 11) is 0. The highest BCUT2D eigenvalue weighted by Gasteiger charge is 2.16. The Hall–Kier alpha value is -3.84. The lowest BCUT2D eigenvalue weighted by Gasteiger charge is -2.21. The molecule has 1 heterocycles. The molecule has 0 saturated carbocycles. The van der Waals surface area contributed by atoms with Crippen molar-refractivity contribution in [2.45, 2.75) is 6.54 Å². The summed E-state index contributed by atoms with van der Waals surface area (Å²) in [4.78, 5) is 13.6. The summed E-state index contributed by atoms with van der Waals surface area (Å²) in [5.74, 6) is 0.340. The van der Waals surface area contributed by atoms with E-state index in [4.69, 9.17) is 21.7 Å². The van der Waals surface area contributed by atoms with Crippen molar-refractivity contribution < 1.29 is 9.32 Å². The van der Waals surface area contributed by atoms with Crippen LogP contribution in [0.25, 0.3) is 22.1 Å². The molecule has 0 saturated heterocycles. The monoisotopic (exact) mass is 373 g/mol. The fraction of sp³-hybridized carbons (Fsp3) is 0.0476. The van der Waals surface area contributed by atoms with E-state index in [0.717, 1.165) is 22.1 Å². The number of rotatable bonds is 4. The van der Waals surface area contributed by atoms with Crippen LogP contribution in [0.3, 0.4) is 0 Å². The van der Waals surface area contributed by atoms with E-state index in [-0.39, 0.29) is 0 Å². The van der Waals surface area contributed by atoms with Gasteiger partial charge in [-0.15, -0.1) is 0 Å². The molecule has 0 radical (unpaired) electrons. The number of primary amides is 1. The maximum absolute atomic E-state index is 12.1. The van der Waals surface area contributed by atoms with Gasteiger partial charge >= 0.3 is 6.03 Å². The number of nitrogens with two attached hydrogens (primary N) is 3. The lowest BCUT2D eigenvalue weighted by molar-refractivity contribution is 0.256. The number of anilines is 3. The number of amides is 2. The zero-order valence-electron chi connectivity index (χ0n) is 15.0. The van der Waals surface area contributed by atoms with E-state index in [1.54, 1.807) is 0 Å².